The molecular weight excluding hydrogens is 695 g/mol. The van der Waals surface area contributed by atoms with Crippen molar-refractivity contribution in [3.05, 3.63) is 70.3 Å². The minimum absolute atomic E-state index is 0.0124. The zero-order valence-electron chi connectivity index (χ0n) is 34.3. The van der Waals surface area contributed by atoms with Gasteiger partial charge in [0.2, 0.25) is 17.6 Å². The molecule has 0 bridgehead atoms. The molecule has 17 nitrogen and oxygen atoms in total. The number of aromatic nitrogens is 12. The van der Waals surface area contributed by atoms with Crippen molar-refractivity contribution in [1.82, 2.24) is 59.8 Å². The second-order valence-corrected chi connectivity index (χ2v) is 16.8. The Morgan fingerprint density at radius 1 is 0.600 bits per heavy atom. The molecule has 0 aliphatic rings. The number of nitrogens with zero attached hydrogens (tertiary/aromatic N) is 12. The van der Waals surface area contributed by atoms with Crippen LogP contribution in [0.25, 0.3) is 27.2 Å². The van der Waals surface area contributed by atoms with Gasteiger partial charge in [-0.3, -0.25) is 0 Å². The first-order valence-corrected chi connectivity index (χ1v) is 17.5. The number of aromatic amines is 2. The summed E-state index contributed by atoms with van der Waals surface area (Å²) in [6, 6.07) is 2.12. The van der Waals surface area contributed by atoms with Crippen LogP contribution in [-0.4, -0.2) is 59.8 Å². The van der Waals surface area contributed by atoms with Gasteiger partial charge in [-0.15, -0.1) is 0 Å². The molecular formula is C38H53N17. The predicted octanol–water partition coefficient (Wildman–Crippen LogP) is 6.63. The van der Waals surface area contributed by atoms with E-state index in [1.54, 1.807) is 25.9 Å². The highest BCUT2D eigenvalue weighted by Gasteiger charge is 2.25. The highest BCUT2D eigenvalue weighted by molar-refractivity contribution is 5.74. The monoisotopic (exact) mass is 747 g/mol. The molecule has 55 heavy (non-hydrogen) atoms. The Bertz CT molecular complexity index is 2270. The topological polar surface area (TPSA) is 267 Å². The Kier molecular flexibility index (Phi) is 12.8. The lowest BCUT2D eigenvalue weighted by molar-refractivity contribution is 0.565. The van der Waals surface area contributed by atoms with Crippen LogP contribution in [0.1, 0.15) is 123 Å². The maximum Gasteiger partial charge on any atom is 0.249 e. The second-order valence-electron chi connectivity index (χ2n) is 16.8. The van der Waals surface area contributed by atoms with E-state index in [9.17, 15) is 0 Å². The lowest BCUT2D eigenvalue weighted by Gasteiger charge is -2.19. The van der Waals surface area contributed by atoms with Crippen LogP contribution in [0.4, 0.5) is 23.4 Å². The number of aryl methyl sites for hydroxylation is 2. The predicted molar refractivity (Wildman–Crippen MR) is 216 cm³/mol. The normalized spacial score (nSPS) is 11.6. The van der Waals surface area contributed by atoms with E-state index >= 15 is 0 Å². The third kappa shape index (κ3) is 10.8. The Labute approximate surface area is 322 Å². The largest absolute Gasteiger partial charge is 0.392 e. The SMILES string of the molecule is CC(C)(C)c1ncnc2nc[nH]c12.Cc1nc(C(C)(C)C)c2[nH]cnc2n1.Cc1nc(N)nc(C(C)(C)C)c1C#N.[C-]#[N+]c1c(N)nc(N)nc1C(C)(C)C. The van der Waals surface area contributed by atoms with Crippen molar-refractivity contribution in [3.8, 4) is 6.07 Å². The van der Waals surface area contributed by atoms with Gasteiger partial charge in [0.1, 0.15) is 35.1 Å². The molecule has 0 aliphatic carbocycles. The van der Waals surface area contributed by atoms with E-state index in [0.717, 1.165) is 39.5 Å². The number of nitriles is 1. The van der Waals surface area contributed by atoms with Crippen LogP contribution < -0.4 is 17.2 Å². The van der Waals surface area contributed by atoms with Gasteiger partial charge in [-0.1, -0.05) is 83.1 Å². The van der Waals surface area contributed by atoms with Crippen LogP contribution in [0.5, 0.6) is 0 Å². The van der Waals surface area contributed by atoms with Crippen LogP contribution in [0.2, 0.25) is 0 Å². The summed E-state index contributed by atoms with van der Waals surface area (Å²) in [5.74, 6) is 1.26. The highest BCUT2D eigenvalue weighted by atomic mass is 15.1. The number of H-pyrrole nitrogens is 2. The molecule has 0 spiro atoms. The molecule has 0 aromatic carbocycles. The van der Waals surface area contributed by atoms with Gasteiger partial charge in [0, 0.05) is 16.2 Å². The van der Waals surface area contributed by atoms with Crippen molar-refractivity contribution >= 4 is 45.7 Å². The molecule has 0 atom stereocenters. The summed E-state index contributed by atoms with van der Waals surface area (Å²) in [4.78, 5) is 50.6. The van der Waals surface area contributed by atoms with Crippen LogP contribution in [0.3, 0.4) is 0 Å². The van der Waals surface area contributed by atoms with Gasteiger partial charge in [0.15, 0.2) is 11.3 Å². The van der Waals surface area contributed by atoms with E-state index in [1.807, 2.05) is 48.5 Å². The number of rotatable bonds is 0. The molecule has 6 heterocycles. The molecule has 0 saturated carbocycles. The maximum atomic E-state index is 8.98. The number of anilines is 3. The second kappa shape index (κ2) is 16.3. The third-order valence-electron chi connectivity index (χ3n) is 7.72. The first kappa shape index (κ1) is 43.0. The maximum absolute atomic E-state index is 8.98. The van der Waals surface area contributed by atoms with Gasteiger partial charge in [0.25, 0.3) is 0 Å². The number of nitrogens with one attached hydrogen (secondary N) is 2. The fraction of sp³-hybridized carbons (Fsp3) is 0.474. The minimum Gasteiger partial charge on any atom is -0.392 e. The number of nitrogens with two attached hydrogens (primary N) is 3. The van der Waals surface area contributed by atoms with Crippen LogP contribution in [0.15, 0.2) is 19.0 Å². The Hall–Kier alpha value is -6.36. The molecule has 8 N–H and O–H groups in total. The van der Waals surface area contributed by atoms with Gasteiger partial charge < -0.3 is 27.2 Å². The lowest BCUT2D eigenvalue weighted by Crippen LogP contribution is -2.18. The van der Waals surface area contributed by atoms with E-state index < -0.39 is 0 Å². The molecule has 0 saturated heterocycles. The molecule has 0 aliphatic heterocycles. The third-order valence-corrected chi connectivity index (χ3v) is 7.72. The molecule has 6 aromatic rings. The highest BCUT2D eigenvalue weighted by Crippen LogP contribution is 2.34. The average molecular weight is 748 g/mol. The van der Waals surface area contributed by atoms with Crippen LogP contribution in [0, 0.1) is 31.8 Å². The van der Waals surface area contributed by atoms with Crippen molar-refractivity contribution in [2.75, 3.05) is 17.2 Å². The standard InChI is InChI=1S/2C10H14N4.C9H13N5.C9H12N4/c1-6-13-8(10(2,3)4)7-9(14-6)12-5-11-7;1-6-7(5-11)8(10(2,3)4)14-9(12)13-6;1-9(2,3)6-5(12-4)7(10)14-8(11)13-6;1-9(2,3)7-6-8(12-4-10-6)13-5-11-7/h5H,1-4H3,(H,11,12,13,14);1-4H3,(H2,12,13,14);1-3H3,(H4,10,11,13,14);4-5H,1-3H3,(H,10,11,12,13). The van der Waals surface area contributed by atoms with Gasteiger partial charge in [-0.25, -0.2) is 54.7 Å². The number of nitrogen functional groups attached to an aromatic ring is 3. The summed E-state index contributed by atoms with van der Waals surface area (Å²) in [6.45, 7) is 35.3. The van der Waals surface area contributed by atoms with Gasteiger partial charge in [-0.05, 0) is 19.3 Å². The minimum atomic E-state index is -0.259. The number of fused-ring (bicyclic) bond motifs is 2. The summed E-state index contributed by atoms with van der Waals surface area (Å²) in [5, 5.41) is 8.98. The Balaban J connectivity index is 0.000000197. The van der Waals surface area contributed by atoms with Crippen LogP contribution >= 0.6 is 0 Å². The first-order valence-electron chi connectivity index (χ1n) is 17.5. The molecule has 0 radical (unpaired) electrons. The molecule has 0 amide bonds. The van der Waals surface area contributed by atoms with E-state index in [-0.39, 0.29) is 39.4 Å². The van der Waals surface area contributed by atoms with Crippen molar-refractivity contribution in [2.45, 2.75) is 119 Å². The van der Waals surface area contributed by atoms with E-state index in [2.05, 4.69) is 112 Å². The zero-order valence-corrected chi connectivity index (χ0v) is 34.3. The quantitative estimate of drug-likeness (QED) is 0.102. The van der Waals surface area contributed by atoms with Crippen molar-refractivity contribution < 1.29 is 0 Å². The van der Waals surface area contributed by atoms with Gasteiger partial charge in [-0.2, -0.15) is 5.26 Å². The summed E-state index contributed by atoms with van der Waals surface area (Å²) in [6.07, 6.45) is 4.87. The van der Waals surface area contributed by atoms with Crippen molar-refractivity contribution in [1.29, 1.82) is 5.26 Å². The smallest absolute Gasteiger partial charge is 0.249 e. The van der Waals surface area contributed by atoms with Crippen molar-refractivity contribution in [3.63, 3.8) is 0 Å². The Morgan fingerprint density at radius 2 is 1.09 bits per heavy atom. The fourth-order valence-electron chi connectivity index (χ4n) is 5.21. The van der Waals surface area contributed by atoms with Crippen LogP contribution in [-0.2, 0) is 21.7 Å². The summed E-state index contributed by atoms with van der Waals surface area (Å²) >= 11 is 0. The molecule has 0 unspecified atom stereocenters. The average Bonchev–Trinajstić information content (AvgIpc) is 3.73. The Morgan fingerprint density at radius 3 is 1.60 bits per heavy atom. The lowest BCUT2D eigenvalue weighted by atomic mass is 9.88. The van der Waals surface area contributed by atoms with E-state index in [4.69, 9.17) is 29.0 Å². The molecule has 6 aromatic heterocycles. The zero-order chi connectivity index (χ0) is 41.7. The van der Waals surface area contributed by atoms with Crippen molar-refractivity contribution in [2.24, 2.45) is 0 Å². The number of hydrogen-bond acceptors (Lipinski definition) is 14. The summed E-state index contributed by atoms with van der Waals surface area (Å²) in [7, 11) is 0. The van der Waals surface area contributed by atoms with Gasteiger partial charge >= 0.3 is 0 Å². The van der Waals surface area contributed by atoms with E-state index in [1.165, 1.54) is 0 Å². The molecule has 0 fully saturated rings. The molecule has 17 heteroatoms. The molecule has 290 valence electrons. The summed E-state index contributed by atoms with van der Waals surface area (Å²) in [5.41, 5.74) is 24.4. The van der Waals surface area contributed by atoms with E-state index in [0.29, 0.717) is 28.3 Å². The molecule has 6 rings (SSSR count). The fourth-order valence-corrected chi connectivity index (χ4v) is 5.21. The first-order chi connectivity index (χ1) is 25.3. The summed E-state index contributed by atoms with van der Waals surface area (Å²) < 4.78 is 0. The number of imidazole rings is 2. The number of hydrogen-bond donors (Lipinski definition) is 5. The van der Waals surface area contributed by atoms with Gasteiger partial charge in [0.05, 0.1) is 53.3 Å².